The first kappa shape index (κ1) is 30.2. The van der Waals surface area contributed by atoms with Crippen molar-refractivity contribution in [1.82, 2.24) is 25.2 Å². The van der Waals surface area contributed by atoms with Gasteiger partial charge in [-0.15, -0.1) is 0 Å². The number of H-pyrrole nitrogens is 1. The van der Waals surface area contributed by atoms with Gasteiger partial charge in [0.15, 0.2) is 0 Å². The summed E-state index contributed by atoms with van der Waals surface area (Å²) in [4.78, 5) is 58.7. The number of carbonyl (C=O) groups excluding carboxylic acids is 4. The summed E-state index contributed by atoms with van der Waals surface area (Å²) in [7, 11) is -3.83. The van der Waals surface area contributed by atoms with Gasteiger partial charge in [-0.1, -0.05) is 31.9 Å². The predicted molar refractivity (Wildman–Crippen MR) is 162 cm³/mol. The monoisotopic (exact) mass is 625 g/mol. The van der Waals surface area contributed by atoms with Crippen LogP contribution in [0.4, 0.5) is 0 Å². The van der Waals surface area contributed by atoms with Gasteiger partial charge in [0.05, 0.1) is 5.25 Å². The zero-order valence-electron chi connectivity index (χ0n) is 24.7. The fourth-order valence-corrected chi connectivity index (χ4v) is 7.83. The van der Waals surface area contributed by atoms with E-state index in [9.17, 15) is 32.7 Å². The molecule has 5 N–H and O–H groups in total. The number of aromatic nitrogens is 1. The molecule has 12 nitrogen and oxygen atoms in total. The molecular weight excluding hydrogens is 586 g/mol. The molecule has 6 rings (SSSR count). The first-order chi connectivity index (χ1) is 21.0. The van der Waals surface area contributed by atoms with Crippen molar-refractivity contribution < 1.29 is 32.7 Å². The molecule has 3 fully saturated rings. The maximum atomic E-state index is 13.9. The molecule has 0 unspecified atom stereocenters. The van der Waals surface area contributed by atoms with Crippen LogP contribution in [-0.2, 0) is 24.4 Å². The maximum Gasteiger partial charge on any atom is 0.268 e. The molecule has 2 aromatic rings. The Hall–Kier alpha value is -3.87. The van der Waals surface area contributed by atoms with Crippen LogP contribution in [0.5, 0.6) is 5.75 Å². The topological polar surface area (TPSA) is 178 Å². The molecular formula is C31H39N5O7S. The number of hydrogen-bond acceptors (Lipinski definition) is 7. The molecule has 44 heavy (non-hydrogen) atoms. The van der Waals surface area contributed by atoms with Crippen LogP contribution in [0.15, 0.2) is 36.4 Å². The van der Waals surface area contributed by atoms with Gasteiger partial charge in [-0.05, 0) is 69.2 Å². The quantitative estimate of drug-likeness (QED) is 0.316. The molecule has 13 heteroatoms. The normalized spacial score (nSPS) is 30.3. The third-order valence-electron chi connectivity index (χ3n) is 9.33. The second kappa shape index (κ2) is 11.6. The number of fused-ring (bicyclic) bond motifs is 3. The first-order valence-electron chi connectivity index (χ1n) is 15.4. The summed E-state index contributed by atoms with van der Waals surface area (Å²) < 4.78 is 27.4. The number of hydrogen-bond donors (Lipinski definition) is 5. The summed E-state index contributed by atoms with van der Waals surface area (Å²) in [5, 5.41) is 15.6. The van der Waals surface area contributed by atoms with Crippen LogP contribution in [0.3, 0.4) is 0 Å². The van der Waals surface area contributed by atoms with E-state index in [2.05, 4.69) is 20.3 Å². The van der Waals surface area contributed by atoms with Crippen LogP contribution >= 0.6 is 0 Å². The number of amides is 4. The highest BCUT2D eigenvalue weighted by Gasteiger charge is 2.62. The SMILES string of the molecule is C[C@H]1CCCCC/C=C\[C@@H]2C[C@@]2(C(=O)NS(=O)(=O)C2CC2)NC(=O)[C@@H]2C[C@@H](NC(=O)c3cc4cc(O)ccc4[nH]3)CN2C1=O. The van der Waals surface area contributed by atoms with E-state index < -0.39 is 50.6 Å². The number of carbonyl (C=O) groups is 4. The Morgan fingerprint density at radius 2 is 1.89 bits per heavy atom. The van der Waals surface area contributed by atoms with Gasteiger partial charge in [0.25, 0.3) is 11.8 Å². The third kappa shape index (κ3) is 6.06. The van der Waals surface area contributed by atoms with Gasteiger partial charge in [-0.3, -0.25) is 23.9 Å². The van der Waals surface area contributed by atoms with Crippen molar-refractivity contribution in [3.05, 3.63) is 42.1 Å². The molecule has 1 aromatic heterocycles. The standard InChI is InChI=1S/C31H39N5O7S/c1-18-7-5-3-2-4-6-8-20-16-31(20,30(41)35-44(42,43)23-10-11-23)34-28(39)26-15-21(17-36(26)29(18)40)32-27(38)25-14-19-13-22(37)9-12-24(19)33-25/h6,8-9,12-14,18,20-21,23,26,33,37H,2-5,7,10-11,15-17H2,1H3,(H,32,38)(H,34,39)(H,35,41)/b8-6-/t18-,20+,21+,26-,31+/m0/s1. The van der Waals surface area contributed by atoms with Gasteiger partial charge in [0, 0.05) is 35.3 Å². The molecule has 4 aliphatic rings. The molecule has 2 saturated carbocycles. The van der Waals surface area contributed by atoms with E-state index in [4.69, 9.17) is 0 Å². The average molecular weight is 626 g/mol. The third-order valence-corrected chi connectivity index (χ3v) is 11.2. The Morgan fingerprint density at radius 1 is 1.09 bits per heavy atom. The Labute approximate surface area is 256 Å². The molecule has 1 saturated heterocycles. The number of aromatic hydroxyl groups is 1. The molecule has 0 bridgehead atoms. The van der Waals surface area contributed by atoms with Gasteiger partial charge >= 0.3 is 0 Å². The summed E-state index contributed by atoms with van der Waals surface area (Å²) >= 11 is 0. The highest BCUT2D eigenvalue weighted by atomic mass is 32.2. The molecule has 0 spiro atoms. The minimum Gasteiger partial charge on any atom is -0.508 e. The number of nitrogens with one attached hydrogen (secondary N) is 4. The minimum absolute atomic E-state index is 0.0763. The summed E-state index contributed by atoms with van der Waals surface area (Å²) in [5.41, 5.74) is -0.470. The second-order valence-electron chi connectivity index (χ2n) is 12.8. The second-order valence-corrected chi connectivity index (χ2v) is 14.7. The number of sulfonamides is 1. The van der Waals surface area contributed by atoms with E-state index in [1.165, 1.54) is 11.0 Å². The number of phenolic OH excluding ortho intramolecular Hbond substituents is 1. The Balaban J connectivity index is 1.23. The molecule has 1 aromatic carbocycles. The van der Waals surface area contributed by atoms with Crippen LogP contribution in [0.1, 0.15) is 75.2 Å². The molecule has 4 amide bonds. The molecule has 236 valence electrons. The van der Waals surface area contributed by atoms with Crippen molar-refractivity contribution in [2.45, 2.75) is 87.6 Å². The average Bonchev–Trinajstić information content (AvgIpc) is 3.86. The van der Waals surface area contributed by atoms with E-state index in [0.717, 1.165) is 25.7 Å². The summed E-state index contributed by atoms with van der Waals surface area (Å²) in [5.74, 6) is -2.54. The summed E-state index contributed by atoms with van der Waals surface area (Å²) in [6.07, 6.45) is 9.41. The lowest BCUT2D eigenvalue weighted by molar-refractivity contribution is -0.142. The smallest absolute Gasteiger partial charge is 0.268 e. The highest BCUT2D eigenvalue weighted by Crippen LogP contribution is 2.46. The predicted octanol–water partition coefficient (Wildman–Crippen LogP) is 2.21. The summed E-state index contributed by atoms with van der Waals surface area (Å²) in [6, 6.07) is 4.86. The number of rotatable bonds is 5. The van der Waals surface area contributed by atoms with E-state index in [1.807, 2.05) is 19.1 Å². The maximum absolute atomic E-state index is 13.9. The highest BCUT2D eigenvalue weighted by molar-refractivity contribution is 7.91. The van der Waals surface area contributed by atoms with Crippen molar-refractivity contribution >= 4 is 44.6 Å². The number of aromatic amines is 1. The van der Waals surface area contributed by atoms with Gasteiger partial charge in [-0.25, -0.2) is 8.42 Å². The fourth-order valence-electron chi connectivity index (χ4n) is 6.46. The fraction of sp³-hybridized carbons (Fsp3) is 0.548. The van der Waals surface area contributed by atoms with Crippen molar-refractivity contribution in [2.24, 2.45) is 11.8 Å². The van der Waals surface area contributed by atoms with E-state index in [0.29, 0.717) is 30.2 Å². The number of phenols is 1. The lowest BCUT2D eigenvalue weighted by Gasteiger charge is -2.28. The van der Waals surface area contributed by atoms with Gasteiger partial charge in [-0.2, -0.15) is 0 Å². The Morgan fingerprint density at radius 3 is 2.66 bits per heavy atom. The number of nitrogens with zero attached hydrogens (tertiary/aromatic N) is 1. The van der Waals surface area contributed by atoms with Crippen molar-refractivity contribution in [1.29, 1.82) is 0 Å². The van der Waals surface area contributed by atoms with E-state index >= 15 is 0 Å². The van der Waals surface area contributed by atoms with Gasteiger partial charge in [0.1, 0.15) is 23.0 Å². The van der Waals surface area contributed by atoms with Crippen LogP contribution in [0, 0.1) is 11.8 Å². The molecule has 5 atom stereocenters. The van der Waals surface area contributed by atoms with Crippen LogP contribution in [0.2, 0.25) is 0 Å². The van der Waals surface area contributed by atoms with Crippen LogP contribution in [0.25, 0.3) is 10.9 Å². The zero-order valence-corrected chi connectivity index (χ0v) is 25.5. The molecule has 2 aliphatic heterocycles. The van der Waals surface area contributed by atoms with Crippen LogP contribution < -0.4 is 15.4 Å². The number of benzene rings is 1. The minimum atomic E-state index is -3.83. The Bertz CT molecular complexity index is 1630. The first-order valence-corrected chi connectivity index (χ1v) is 17.0. The number of allylic oxidation sites excluding steroid dienone is 1. The van der Waals surface area contributed by atoms with Crippen molar-refractivity contribution in [2.75, 3.05) is 6.54 Å². The molecule has 2 aliphatic carbocycles. The summed E-state index contributed by atoms with van der Waals surface area (Å²) in [6.45, 7) is 1.96. The lowest BCUT2D eigenvalue weighted by atomic mass is 10.0. The van der Waals surface area contributed by atoms with Crippen molar-refractivity contribution in [3.8, 4) is 5.75 Å². The van der Waals surface area contributed by atoms with Crippen LogP contribution in [-0.4, -0.2) is 76.5 Å². The largest absolute Gasteiger partial charge is 0.508 e. The lowest BCUT2D eigenvalue weighted by Crippen LogP contribution is -2.57. The van der Waals surface area contributed by atoms with Crippen molar-refractivity contribution in [3.63, 3.8) is 0 Å². The molecule has 0 radical (unpaired) electrons. The van der Waals surface area contributed by atoms with Gasteiger partial charge in [0.2, 0.25) is 21.8 Å². The van der Waals surface area contributed by atoms with Gasteiger partial charge < -0.3 is 25.6 Å². The zero-order chi connectivity index (χ0) is 31.2. The Kier molecular flexibility index (Phi) is 7.93. The molecule has 3 heterocycles. The van der Waals surface area contributed by atoms with E-state index in [1.54, 1.807) is 18.2 Å². The van der Waals surface area contributed by atoms with E-state index in [-0.39, 0.29) is 48.6 Å².